The molecular formula is C19H29NO. The average Bonchev–Trinajstić information content (AvgIpc) is 2.40. The summed E-state index contributed by atoms with van der Waals surface area (Å²) in [6, 6.07) is 11.9. The van der Waals surface area contributed by atoms with Crippen LogP contribution >= 0.6 is 0 Å². The van der Waals surface area contributed by atoms with Gasteiger partial charge in [0, 0.05) is 18.6 Å². The third kappa shape index (κ3) is 3.49. The van der Waals surface area contributed by atoms with Gasteiger partial charge in [-0.2, -0.15) is 0 Å². The first kappa shape index (κ1) is 15.1. The maximum absolute atomic E-state index is 11.0. The minimum Gasteiger partial charge on any atom is -0.390 e. The molecule has 116 valence electrons. The van der Waals surface area contributed by atoms with Crippen molar-refractivity contribution in [2.24, 2.45) is 5.92 Å². The van der Waals surface area contributed by atoms with E-state index in [1.165, 1.54) is 24.8 Å². The van der Waals surface area contributed by atoms with Gasteiger partial charge in [-0.25, -0.2) is 0 Å². The van der Waals surface area contributed by atoms with Crippen molar-refractivity contribution in [3.8, 4) is 0 Å². The normalized spacial score (nSPS) is 33.3. The molecule has 0 aromatic heterocycles. The molecule has 2 nitrogen and oxygen atoms in total. The zero-order valence-corrected chi connectivity index (χ0v) is 13.5. The van der Waals surface area contributed by atoms with Crippen molar-refractivity contribution in [1.82, 2.24) is 4.90 Å². The van der Waals surface area contributed by atoms with E-state index in [1.807, 2.05) is 0 Å². The SMILES string of the molecule is CC(C)CC1(O)CC2CCCC(C1)N2Cc1ccccc1. The van der Waals surface area contributed by atoms with Crippen LogP contribution < -0.4 is 0 Å². The van der Waals surface area contributed by atoms with Crippen molar-refractivity contribution in [2.45, 2.75) is 76.6 Å². The molecule has 0 amide bonds. The summed E-state index contributed by atoms with van der Waals surface area (Å²) in [6.07, 6.45) is 6.73. The smallest absolute Gasteiger partial charge is 0.0680 e. The molecule has 2 saturated heterocycles. The van der Waals surface area contributed by atoms with Crippen LogP contribution in [0.2, 0.25) is 0 Å². The Morgan fingerprint density at radius 2 is 1.76 bits per heavy atom. The van der Waals surface area contributed by atoms with Crippen LogP contribution in [0.1, 0.15) is 57.9 Å². The van der Waals surface area contributed by atoms with Gasteiger partial charge >= 0.3 is 0 Å². The summed E-state index contributed by atoms with van der Waals surface area (Å²) in [5, 5.41) is 11.0. The Balaban J connectivity index is 1.73. The molecule has 2 fully saturated rings. The van der Waals surface area contributed by atoms with Gasteiger partial charge in [-0.15, -0.1) is 0 Å². The van der Waals surface area contributed by atoms with Crippen LogP contribution in [0.3, 0.4) is 0 Å². The maximum Gasteiger partial charge on any atom is 0.0680 e. The highest BCUT2D eigenvalue weighted by atomic mass is 16.3. The van der Waals surface area contributed by atoms with Gasteiger partial charge in [0.2, 0.25) is 0 Å². The molecule has 1 aromatic carbocycles. The van der Waals surface area contributed by atoms with E-state index in [2.05, 4.69) is 49.1 Å². The summed E-state index contributed by atoms with van der Waals surface area (Å²) in [5.74, 6) is 0.580. The molecule has 2 heteroatoms. The van der Waals surface area contributed by atoms with Crippen molar-refractivity contribution in [1.29, 1.82) is 0 Å². The quantitative estimate of drug-likeness (QED) is 0.905. The number of fused-ring (bicyclic) bond motifs is 2. The summed E-state index contributed by atoms with van der Waals surface area (Å²) in [7, 11) is 0. The summed E-state index contributed by atoms with van der Waals surface area (Å²) in [4.78, 5) is 2.67. The van der Waals surface area contributed by atoms with Gasteiger partial charge in [0.15, 0.2) is 0 Å². The van der Waals surface area contributed by atoms with Crippen LogP contribution in [0, 0.1) is 5.92 Å². The molecule has 0 radical (unpaired) electrons. The van der Waals surface area contributed by atoms with Crippen LogP contribution in [0.4, 0.5) is 0 Å². The van der Waals surface area contributed by atoms with E-state index in [0.29, 0.717) is 18.0 Å². The van der Waals surface area contributed by atoms with Crippen LogP contribution in [-0.4, -0.2) is 27.7 Å². The highest BCUT2D eigenvalue weighted by Crippen LogP contribution is 2.42. The van der Waals surface area contributed by atoms with Crippen LogP contribution in [0.5, 0.6) is 0 Å². The average molecular weight is 287 g/mol. The second-order valence-electron chi connectivity index (χ2n) is 7.63. The lowest BCUT2D eigenvalue weighted by molar-refractivity contribution is -0.104. The number of rotatable bonds is 4. The van der Waals surface area contributed by atoms with Gasteiger partial charge in [0.1, 0.15) is 0 Å². The third-order valence-electron chi connectivity index (χ3n) is 5.24. The second-order valence-corrected chi connectivity index (χ2v) is 7.63. The molecular weight excluding hydrogens is 258 g/mol. The number of hydrogen-bond acceptors (Lipinski definition) is 2. The highest BCUT2D eigenvalue weighted by Gasteiger charge is 2.45. The maximum atomic E-state index is 11.0. The first-order chi connectivity index (χ1) is 10.1. The van der Waals surface area contributed by atoms with Crippen molar-refractivity contribution < 1.29 is 5.11 Å². The predicted molar refractivity (Wildman–Crippen MR) is 87.1 cm³/mol. The number of hydrogen-bond donors (Lipinski definition) is 1. The summed E-state index contributed by atoms with van der Waals surface area (Å²) in [6.45, 7) is 5.50. The van der Waals surface area contributed by atoms with Gasteiger partial charge in [0.05, 0.1) is 5.60 Å². The van der Waals surface area contributed by atoms with Crippen LogP contribution in [0.15, 0.2) is 30.3 Å². The number of aliphatic hydroxyl groups is 1. The summed E-state index contributed by atoms with van der Waals surface area (Å²) in [5.41, 5.74) is 0.987. The Bertz CT molecular complexity index is 442. The third-order valence-corrected chi connectivity index (χ3v) is 5.24. The van der Waals surface area contributed by atoms with Gasteiger partial charge in [-0.1, -0.05) is 50.6 Å². The molecule has 2 heterocycles. The molecule has 2 bridgehead atoms. The molecule has 2 unspecified atom stereocenters. The largest absolute Gasteiger partial charge is 0.390 e. The van der Waals surface area contributed by atoms with E-state index < -0.39 is 5.60 Å². The standard InChI is InChI=1S/C19H29NO/c1-15(2)11-19(21)12-17-9-6-10-18(13-19)20(17)14-16-7-4-3-5-8-16/h3-5,7-8,15,17-18,21H,6,9-14H2,1-2H3. The van der Waals surface area contributed by atoms with Crippen molar-refractivity contribution in [3.63, 3.8) is 0 Å². The summed E-state index contributed by atoms with van der Waals surface area (Å²) < 4.78 is 0. The topological polar surface area (TPSA) is 23.5 Å². The Morgan fingerprint density at radius 3 is 2.33 bits per heavy atom. The molecule has 2 aliphatic rings. The molecule has 3 rings (SSSR count). The van der Waals surface area contributed by atoms with Crippen molar-refractivity contribution in [3.05, 3.63) is 35.9 Å². The van der Waals surface area contributed by atoms with E-state index in [0.717, 1.165) is 25.8 Å². The Morgan fingerprint density at radius 1 is 1.14 bits per heavy atom. The number of nitrogens with zero attached hydrogens (tertiary/aromatic N) is 1. The van der Waals surface area contributed by atoms with E-state index >= 15 is 0 Å². The molecule has 0 aliphatic carbocycles. The second kappa shape index (κ2) is 6.10. The first-order valence-electron chi connectivity index (χ1n) is 8.58. The van der Waals surface area contributed by atoms with Gasteiger partial charge in [-0.3, -0.25) is 4.90 Å². The lowest BCUT2D eigenvalue weighted by atomic mass is 9.72. The fourth-order valence-electron chi connectivity index (χ4n) is 4.60. The van der Waals surface area contributed by atoms with Crippen LogP contribution in [-0.2, 0) is 6.54 Å². The first-order valence-corrected chi connectivity index (χ1v) is 8.58. The van der Waals surface area contributed by atoms with Crippen molar-refractivity contribution in [2.75, 3.05) is 0 Å². The number of benzene rings is 1. The molecule has 0 saturated carbocycles. The minimum absolute atomic E-state index is 0.420. The number of piperidine rings is 2. The Labute approximate surface area is 129 Å². The monoisotopic (exact) mass is 287 g/mol. The van der Waals surface area contributed by atoms with E-state index in [-0.39, 0.29) is 0 Å². The lowest BCUT2D eigenvalue weighted by Crippen LogP contribution is -2.57. The zero-order valence-electron chi connectivity index (χ0n) is 13.5. The highest BCUT2D eigenvalue weighted by molar-refractivity contribution is 5.15. The molecule has 1 aromatic rings. The van der Waals surface area contributed by atoms with Crippen LogP contribution in [0.25, 0.3) is 0 Å². The fraction of sp³-hybridized carbons (Fsp3) is 0.684. The summed E-state index contributed by atoms with van der Waals surface area (Å²) >= 11 is 0. The zero-order chi connectivity index (χ0) is 14.9. The molecule has 2 atom stereocenters. The fourth-order valence-corrected chi connectivity index (χ4v) is 4.60. The molecule has 0 spiro atoms. The van der Waals surface area contributed by atoms with Gasteiger partial charge in [-0.05, 0) is 43.6 Å². The molecule has 21 heavy (non-hydrogen) atoms. The van der Waals surface area contributed by atoms with Gasteiger partial charge < -0.3 is 5.11 Å². The van der Waals surface area contributed by atoms with E-state index in [1.54, 1.807) is 0 Å². The molecule has 1 N–H and O–H groups in total. The molecule has 2 aliphatic heterocycles. The van der Waals surface area contributed by atoms with Gasteiger partial charge in [0.25, 0.3) is 0 Å². The lowest BCUT2D eigenvalue weighted by Gasteiger charge is -2.52. The Hall–Kier alpha value is -0.860. The predicted octanol–water partition coefficient (Wildman–Crippen LogP) is 3.98. The minimum atomic E-state index is -0.420. The van der Waals surface area contributed by atoms with E-state index in [4.69, 9.17) is 0 Å². The van der Waals surface area contributed by atoms with E-state index in [9.17, 15) is 5.11 Å². The van der Waals surface area contributed by atoms with Crippen molar-refractivity contribution >= 4 is 0 Å². The Kier molecular flexibility index (Phi) is 4.37.